The third kappa shape index (κ3) is 0.769. The highest BCUT2D eigenvalue weighted by Crippen LogP contribution is 2.18. The molecule has 4 heteroatoms. The van der Waals surface area contributed by atoms with Gasteiger partial charge in [-0.25, -0.2) is 4.79 Å². The Labute approximate surface area is 57.8 Å². The second-order valence-electron chi connectivity index (χ2n) is 2.18. The number of rotatable bonds is 0. The maximum Gasteiger partial charge on any atom is 0.414 e. The summed E-state index contributed by atoms with van der Waals surface area (Å²) < 4.78 is 9.82. The van der Waals surface area contributed by atoms with Crippen LogP contribution in [0.1, 0.15) is 6.42 Å². The van der Waals surface area contributed by atoms with Crippen LogP contribution in [0.15, 0.2) is 11.8 Å². The minimum absolute atomic E-state index is 0.418. The molecule has 2 heterocycles. The molecule has 54 valence electrons. The summed E-state index contributed by atoms with van der Waals surface area (Å²) in [4.78, 5) is 10.6. The van der Waals surface area contributed by atoms with E-state index >= 15 is 0 Å². The third-order valence-electron chi connectivity index (χ3n) is 1.47. The minimum Gasteiger partial charge on any atom is -0.413 e. The standard InChI is InChI=1S/C6H7NO3/c8-6-7-4-2-1-3-9-5(4)10-6/h2,5H,1,3H2,(H,7,8). The first-order valence-electron chi connectivity index (χ1n) is 3.15. The van der Waals surface area contributed by atoms with E-state index in [1.54, 1.807) is 0 Å². The Morgan fingerprint density at radius 2 is 2.60 bits per heavy atom. The van der Waals surface area contributed by atoms with Gasteiger partial charge in [0.25, 0.3) is 0 Å². The molecule has 4 nitrogen and oxygen atoms in total. The molecule has 0 saturated carbocycles. The van der Waals surface area contributed by atoms with Crippen molar-refractivity contribution in [3.8, 4) is 0 Å². The number of ether oxygens (including phenoxy) is 2. The molecule has 0 aromatic rings. The Balaban J connectivity index is 2.20. The summed E-state index contributed by atoms with van der Waals surface area (Å²) in [7, 11) is 0. The predicted octanol–water partition coefficient (Wildman–Crippen LogP) is 0.357. The molecule has 1 amide bonds. The fraction of sp³-hybridized carbons (Fsp3) is 0.500. The van der Waals surface area contributed by atoms with Gasteiger partial charge in [-0.2, -0.15) is 0 Å². The van der Waals surface area contributed by atoms with Gasteiger partial charge in [0.1, 0.15) is 0 Å². The third-order valence-corrected chi connectivity index (χ3v) is 1.47. The molecule has 1 saturated heterocycles. The van der Waals surface area contributed by atoms with Gasteiger partial charge in [-0.1, -0.05) is 6.08 Å². The van der Waals surface area contributed by atoms with E-state index in [-0.39, 0.29) is 0 Å². The molecule has 1 N–H and O–H groups in total. The Morgan fingerprint density at radius 1 is 1.70 bits per heavy atom. The summed E-state index contributed by atoms with van der Waals surface area (Å²) in [6.45, 7) is 0.628. The van der Waals surface area contributed by atoms with E-state index in [2.05, 4.69) is 5.32 Å². The van der Waals surface area contributed by atoms with E-state index in [9.17, 15) is 4.79 Å². The Bertz CT molecular complexity index is 199. The van der Waals surface area contributed by atoms with Crippen LogP contribution in [0.2, 0.25) is 0 Å². The van der Waals surface area contributed by atoms with Gasteiger partial charge in [0, 0.05) is 0 Å². The molecular weight excluding hydrogens is 134 g/mol. The largest absolute Gasteiger partial charge is 0.414 e. The van der Waals surface area contributed by atoms with Gasteiger partial charge in [0.05, 0.1) is 12.3 Å². The van der Waals surface area contributed by atoms with Crippen molar-refractivity contribution in [2.24, 2.45) is 0 Å². The van der Waals surface area contributed by atoms with Crippen LogP contribution in [0.4, 0.5) is 4.79 Å². The first-order chi connectivity index (χ1) is 4.86. The average Bonchev–Trinajstić information content (AvgIpc) is 2.27. The maximum absolute atomic E-state index is 10.6. The van der Waals surface area contributed by atoms with E-state index in [0.29, 0.717) is 6.61 Å². The highest BCUT2D eigenvalue weighted by Gasteiger charge is 2.30. The molecule has 0 spiro atoms. The second kappa shape index (κ2) is 1.98. The first-order valence-corrected chi connectivity index (χ1v) is 3.15. The second-order valence-corrected chi connectivity index (χ2v) is 2.18. The first kappa shape index (κ1) is 5.73. The summed E-state index contributed by atoms with van der Waals surface area (Å²) >= 11 is 0. The molecule has 0 aliphatic carbocycles. The van der Waals surface area contributed by atoms with Crippen LogP contribution in [0.5, 0.6) is 0 Å². The van der Waals surface area contributed by atoms with Crippen molar-refractivity contribution in [3.63, 3.8) is 0 Å². The normalized spacial score (nSPS) is 30.2. The molecule has 0 aromatic carbocycles. The molecule has 0 radical (unpaired) electrons. The van der Waals surface area contributed by atoms with Gasteiger partial charge in [0.2, 0.25) is 6.29 Å². The smallest absolute Gasteiger partial charge is 0.413 e. The van der Waals surface area contributed by atoms with Crippen molar-refractivity contribution in [1.29, 1.82) is 0 Å². The van der Waals surface area contributed by atoms with Gasteiger partial charge in [-0.05, 0) is 6.42 Å². The topological polar surface area (TPSA) is 47.6 Å². The zero-order valence-electron chi connectivity index (χ0n) is 5.29. The molecule has 1 atom stereocenters. The maximum atomic E-state index is 10.6. The predicted molar refractivity (Wildman–Crippen MR) is 32.1 cm³/mol. The highest BCUT2D eigenvalue weighted by molar-refractivity contribution is 5.73. The SMILES string of the molecule is O=C1NC2=CCCOC2O1. The lowest BCUT2D eigenvalue weighted by atomic mass is 10.3. The number of carbonyl (C=O) groups excluding carboxylic acids is 1. The number of hydrogen-bond donors (Lipinski definition) is 1. The molecule has 1 unspecified atom stereocenters. The number of alkyl carbamates (subject to hydrolysis) is 1. The lowest BCUT2D eigenvalue weighted by Gasteiger charge is -2.14. The molecule has 0 bridgehead atoms. The fourth-order valence-electron chi connectivity index (χ4n) is 1.03. The Hall–Kier alpha value is -1.03. The van der Waals surface area contributed by atoms with Crippen molar-refractivity contribution in [2.45, 2.75) is 12.7 Å². The Kier molecular flexibility index (Phi) is 1.14. The quantitative estimate of drug-likeness (QED) is 0.529. The van der Waals surface area contributed by atoms with E-state index in [0.717, 1.165) is 12.1 Å². The van der Waals surface area contributed by atoms with Crippen LogP contribution in [0.25, 0.3) is 0 Å². The van der Waals surface area contributed by atoms with E-state index in [1.807, 2.05) is 6.08 Å². The fourth-order valence-corrected chi connectivity index (χ4v) is 1.03. The molecular formula is C6H7NO3. The monoisotopic (exact) mass is 141 g/mol. The zero-order chi connectivity index (χ0) is 6.97. The average molecular weight is 141 g/mol. The summed E-state index contributed by atoms with van der Waals surface area (Å²) in [6.07, 6.45) is 1.88. The molecule has 1 fully saturated rings. The van der Waals surface area contributed by atoms with Crippen LogP contribution in [-0.4, -0.2) is 19.0 Å². The van der Waals surface area contributed by atoms with Gasteiger partial charge in [-0.3, -0.25) is 5.32 Å². The summed E-state index contributed by atoms with van der Waals surface area (Å²) in [5, 5.41) is 2.53. The van der Waals surface area contributed by atoms with Crippen molar-refractivity contribution in [3.05, 3.63) is 11.8 Å². The van der Waals surface area contributed by atoms with Crippen molar-refractivity contribution < 1.29 is 14.3 Å². The molecule has 0 aromatic heterocycles. The Morgan fingerprint density at radius 3 is 3.40 bits per heavy atom. The van der Waals surface area contributed by atoms with Crippen molar-refractivity contribution >= 4 is 6.09 Å². The highest BCUT2D eigenvalue weighted by atomic mass is 16.7. The number of fused-ring (bicyclic) bond motifs is 1. The van der Waals surface area contributed by atoms with Crippen LogP contribution in [-0.2, 0) is 9.47 Å². The van der Waals surface area contributed by atoms with Gasteiger partial charge in [0.15, 0.2) is 0 Å². The van der Waals surface area contributed by atoms with Crippen molar-refractivity contribution in [2.75, 3.05) is 6.61 Å². The molecule has 2 rings (SSSR count). The van der Waals surface area contributed by atoms with Crippen molar-refractivity contribution in [1.82, 2.24) is 5.32 Å². The van der Waals surface area contributed by atoms with E-state index in [1.165, 1.54) is 0 Å². The number of hydrogen-bond acceptors (Lipinski definition) is 3. The van der Waals surface area contributed by atoms with Crippen LogP contribution in [0.3, 0.4) is 0 Å². The van der Waals surface area contributed by atoms with Crippen LogP contribution < -0.4 is 5.32 Å². The van der Waals surface area contributed by atoms with Gasteiger partial charge >= 0.3 is 6.09 Å². The minimum atomic E-state index is -0.457. The van der Waals surface area contributed by atoms with Crippen LogP contribution >= 0.6 is 0 Å². The lowest BCUT2D eigenvalue weighted by Crippen LogP contribution is -2.20. The summed E-state index contributed by atoms with van der Waals surface area (Å²) in [5.74, 6) is 0. The van der Waals surface area contributed by atoms with Crippen LogP contribution in [0, 0.1) is 0 Å². The molecule has 2 aliphatic rings. The summed E-state index contributed by atoms with van der Waals surface area (Å²) in [5.41, 5.74) is 0.747. The van der Waals surface area contributed by atoms with Gasteiger partial charge in [-0.15, -0.1) is 0 Å². The number of nitrogens with one attached hydrogen (secondary N) is 1. The lowest BCUT2D eigenvalue weighted by molar-refractivity contribution is -0.0659. The number of carbonyl (C=O) groups is 1. The molecule has 10 heavy (non-hydrogen) atoms. The summed E-state index contributed by atoms with van der Waals surface area (Å²) in [6, 6.07) is 0. The molecule has 2 aliphatic heterocycles. The van der Waals surface area contributed by atoms with Gasteiger partial charge < -0.3 is 9.47 Å². The number of amides is 1. The van der Waals surface area contributed by atoms with E-state index < -0.39 is 12.4 Å². The zero-order valence-corrected chi connectivity index (χ0v) is 5.29. The van der Waals surface area contributed by atoms with E-state index in [4.69, 9.17) is 9.47 Å².